The molecule has 16 heteroatoms. The van der Waals surface area contributed by atoms with Gasteiger partial charge in [-0.3, -0.25) is 39.9 Å². The largest absolute Gasteiger partial charge is 0.497 e. The van der Waals surface area contributed by atoms with Crippen LogP contribution in [0.2, 0.25) is 0 Å². The third-order valence-corrected chi connectivity index (χ3v) is 3.64. The number of anilines is 1. The predicted octanol–water partition coefficient (Wildman–Crippen LogP) is 0.546. The molecule has 1 atom stereocenters. The van der Waals surface area contributed by atoms with Gasteiger partial charge in [-0.25, -0.2) is 0 Å². The summed E-state index contributed by atoms with van der Waals surface area (Å²) in [5, 5.41) is 48.8. The van der Waals surface area contributed by atoms with Crippen molar-refractivity contribution in [1.29, 1.82) is 0 Å². The number of para-hydroxylation sites is 1. The highest BCUT2D eigenvalue weighted by Crippen LogP contribution is 2.38. The Morgan fingerprint density at radius 2 is 1.44 bits per heavy atom. The van der Waals surface area contributed by atoms with Crippen LogP contribution >= 0.6 is 0 Å². The van der Waals surface area contributed by atoms with Crippen LogP contribution in [-0.2, 0) is 4.79 Å². The third-order valence-electron chi connectivity index (χ3n) is 3.64. The van der Waals surface area contributed by atoms with Crippen molar-refractivity contribution >= 4 is 34.5 Å². The predicted molar refractivity (Wildman–Crippen MR) is 107 cm³/mol. The average molecular weight is 455 g/mol. The van der Waals surface area contributed by atoms with E-state index in [0.717, 1.165) is 0 Å². The van der Waals surface area contributed by atoms with E-state index in [1.165, 1.54) is 0 Å². The Bertz CT molecular complexity index is 1020. The summed E-state index contributed by atoms with van der Waals surface area (Å²) in [6, 6.07) is 6.20. The molecule has 0 heterocycles. The van der Waals surface area contributed by atoms with E-state index in [1.54, 1.807) is 24.3 Å². The number of phenolic OH excluding ortho intramolecular Hbond substituents is 1. The lowest BCUT2D eigenvalue weighted by Gasteiger charge is -2.07. The van der Waals surface area contributed by atoms with Crippen LogP contribution in [-0.4, -0.2) is 48.3 Å². The van der Waals surface area contributed by atoms with Gasteiger partial charge in [-0.1, -0.05) is 12.1 Å². The molecule has 172 valence electrons. The number of nitrogens with two attached hydrogens (primary N) is 2. The summed E-state index contributed by atoms with van der Waals surface area (Å²) in [4.78, 5) is 49.8. The molecule has 0 radical (unpaired) electrons. The average Bonchev–Trinajstić information content (AvgIpc) is 2.68. The van der Waals surface area contributed by atoms with Gasteiger partial charge in [-0.15, -0.1) is 0 Å². The first-order chi connectivity index (χ1) is 14.4. The first-order valence-electron chi connectivity index (χ1n) is 8.03. The zero-order chi connectivity index (χ0) is 23.9. The highest BCUT2D eigenvalue weighted by atomic mass is 16.6. The highest BCUT2D eigenvalue weighted by Gasteiger charge is 2.30. The molecule has 2 rings (SSSR count). The van der Waals surface area contributed by atoms with Gasteiger partial charge in [0.1, 0.15) is 6.04 Å². The number of carboxylic acids is 1. The zero-order valence-corrected chi connectivity index (χ0v) is 15.9. The maximum atomic E-state index is 11.6. The molecule has 16 nitrogen and oxygen atoms in total. The number of nitro groups is 3. The number of carbonyl (C=O) groups excluding carboxylic acids is 1. The van der Waals surface area contributed by atoms with Crippen LogP contribution in [0.3, 0.4) is 0 Å². The zero-order valence-electron chi connectivity index (χ0n) is 15.9. The number of phenols is 1. The monoisotopic (exact) mass is 455 g/mol. The number of nitrogen functional groups attached to an aromatic ring is 1. The van der Waals surface area contributed by atoms with Gasteiger partial charge in [0.15, 0.2) is 5.78 Å². The van der Waals surface area contributed by atoms with E-state index in [-0.39, 0.29) is 17.7 Å². The van der Waals surface area contributed by atoms with Crippen LogP contribution in [0, 0.1) is 30.3 Å². The number of aromatic hydroxyl groups is 1. The number of benzene rings is 2. The number of nitro benzene ring substituents is 3. The van der Waals surface area contributed by atoms with Gasteiger partial charge in [-0.2, -0.15) is 0 Å². The van der Waals surface area contributed by atoms with Crippen molar-refractivity contribution in [2.24, 2.45) is 5.73 Å². The minimum Gasteiger partial charge on any atom is -0.497 e. The molecular formula is C16H17N5O11. The molecule has 32 heavy (non-hydrogen) atoms. The first-order valence-corrected chi connectivity index (χ1v) is 8.03. The fourth-order valence-electron chi connectivity index (χ4n) is 2.12. The Balaban J connectivity index is 0.000000584. The van der Waals surface area contributed by atoms with E-state index in [1.807, 2.05) is 0 Å². The van der Waals surface area contributed by atoms with E-state index in [0.29, 0.717) is 23.4 Å². The summed E-state index contributed by atoms with van der Waals surface area (Å²) in [6.07, 6.45) is -0.246. The molecular weight excluding hydrogens is 438 g/mol. The fraction of sp³-hybridized carbons (Fsp3) is 0.125. The molecule has 0 fully saturated rings. The summed E-state index contributed by atoms with van der Waals surface area (Å²) in [6.45, 7) is 0. The summed E-state index contributed by atoms with van der Waals surface area (Å²) < 4.78 is 0. The normalized spacial score (nSPS) is 10.5. The first kappa shape index (κ1) is 27.3. The van der Waals surface area contributed by atoms with Crippen molar-refractivity contribution in [3.63, 3.8) is 0 Å². The molecule has 0 unspecified atom stereocenters. The van der Waals surface area contributed by atoms with Crippen LogP contribution in [0.25, 0.3) is 0 Å². The highest BCUT2D eigenvalue weighted by molar-refractivity contribution is 6.02. The number of non-ortho nitro benzene ring substituents is 1. The molecule has 2 aromatic carbocycles. The van der Waals surface area contributed by atoms with Crippen molar-refractivity contribution < 1.29 is 40.0 Å². The van der Waals surface area contributed by atoms with E-state index < -0.39 is 49.6 Å². The van der Waals surface area contributed by atoms with E-state index in [4.69, 9.17) is 21.7 Å². The molecule has 0 aliphatic rings. The second kappa shape index (κ2) is 11.5. The fourth-order valence-corrected chi connectivity index (χ4v) is 2.12. The van der Waals surface area contributed by atoms with Crippen LogP contribution in [0.15, 0.2) is 36.4 Å². The Morgan fingerprint density at radius 3 is 1.81 bits per heavy atom. The maximum absolute atomic E-state index is 11.6. The van der Waals surface area contributed by atoms with Gasteiger partial charge < -0.3 is 27.2 Å². The van der Waals surface area contributed by atoms with Crippen molar-refractivity contribution in [2.75, 3.05) is 5.73 Å². The van der Waals surface area contributed by atoms with E-state index in [2.05, 4.69) is 0 Å². The van der Waals surface area contributed by atoms with Crippen LogP contribution < -0.4 is 11.5 Å². The summed E-state index contributed by atoms with van der Waals surface area (Å²) in [5.74, 6) is -2.76. The van der Waals surface area contributed by atoms with Crippen LogP contribution in [0.5, 0.6) is 5.75 Å². The number of carboxylic acid groups (broad SMARTS) is 1. The summed E-state index contributed by atoms with van der Waals surface area (Å²) in [7, 11) is 0. The Kier molecular flexibility index (Phi) is 9.79. The van der Waals surface area contributed by atoms with Gasteiger partial charge in [0, 0.05) is 17.7 Å². The summed E-state index contributed by atoms with van der Waals surface area (Å²) in [5.41, 5.74) is 8.45. The molecule has 0 spiro atoms. The SMILES string of the molecule is Nc1ccccc1C(=O)C[C@@H](N)C(=O)O.O.O=[N+]([O-])c1cc([N+](=O)[O-])c(O)c([N+](=O)[O-])c1. The lowest BCUT2D eigenvalue weighted by molar-refractivity contribution is -0.404. The number of Topliss-reactive ketones (excluding diaryl/α,β-unsaturated/α-hetero) is 1. The Labute approximate surface area is 177 Å². The molecule has 0 amide bonds. The molecule has 0 saturated carbocycles. The van der Waals surface area contributed by atoms with Gasteiger partial charge in [0.05, 0.1) is 26.9 Å². The van der Waals surface area contributed by atoms with Crippen molar-refractivity contribution in [3.05, 3.63) is 72.3 Å². The van der Waals surface area contributed by atoms with Gasteiger partial charge in [0.25, 0.3) is 11.4 Å². The van der Waals surface area contributed by atoms with Crippen molar-refractivity contribution in [1.82, 2.24) is 0 Å². The molecule has 8 N–H and O–H groups in total. The van der Waals surface area contributed by atoms with E-state index >= 15 is 0 Å². The maximum Gasteiger partial charge on any atom is 0.324 e. The third kappa shape index (κ3) is 6.97. The van der Waals surface area contributed by atoms with Crippen molar-refractivity contribution in [3.8, 4) is 5.75 Å². The number of nitrogens with zero attached hydrogens (tertiary/aromatic N) is 3. The molecule has 2 aromatic rings. The smallest absolute Gasteiger partial charge is 0.324 e. The lowest BCUT2D eigenvalue weighted by atomic mass is 10.0. The second-order valence-electron chi connectivity index (χ2n) is 5.76. The molecule has 0 aliphatic carbocycles. The standard InChI is InChI=1S/C10H12N2O3.C6H3N3O7.H2O/c11-7-4-2-1-3-6(7)9(13)5-8(12)10(14)15;10-6-4(8(13)14)1-3(7(11)12)2-5(6)9(15)16;/h1-4,8H,5,11-12H2,(H,14,15);1-2,10H;1H2/t8-;;/m1../s1. The topological polar surface area (TPSA) is 288 Å². The molecule has 0 aromatic heterocycles. The number of carbonyl (C=O) groups is 2. The number of hydrogen-bond acceptors (Lipinski definition) is 11. The van der Waals surface area contributed by atoms with Crippen LogP contribution in [0.1, 0.15) is 16.8 Å². The van der Waals surface area contributed by atoms with Crippen LogP contribution in [0.4, 0.5) is 22.7 Å². The summed E-state index contributed by atoms with van der Waals surface area (Å²) >= 11 is 0. The molecule has 0 saturated heterocycles. The van der Waals surface area contributed by atoms with Crippen molar-refractivity contribution in [2.45, 2.75) is 12.5 Å². The lowest BCUT2D eigenvalue weighted by Crippen LogP contribution is -2.32. The number of aliphatic carboxylic acids is 1. The molecule has 0 aliphatic heterocycles. The number of ketones is 1. The van der Waals surface area contributed by atoms with Gasteiger partial charge in [0.2, 0.25) is 0 Å². The number of hydrogen-bond donors (Lipinski definition) is 4. The Morgan fingerprint density at radius 1 is 0.969 bits per heavy atom. The van der Waals surface area contributed by atoms with Gasteiger partial charge >= 0.3 is 17.3 Å². The number of rotatable bonds is 7. The van der Waals surface area contributed by atoms with Gasteiger partial charge in [-0.05, 0) is 12.1 Å². The Hall–Kier alpha value is -4.70. The minimum absolute atomic E-state index is 0. The molecule has 0 bridgehead atoms. The second-order valence-corrected chi connectivity index (χ2v) is 5.76. The quantitative estimate of drug-likeness (QED) is 0.192. The van der Waals surface area contributed by atoms with E-state index in [9.17, 15) is 39.9 Å². The minimum atomic E-state index is -1.21.